The maximum absolute atomic E-state index is 12.6. The smallest absolute Gasteiger partial charge is 0.234 e. The zero-order chi connectivity index (χ0) is 20.9. The van der Waals surface area contributed by atoms with E-state index in [0.29, 0.717) is 11.0 Å². The molecular weight excluding hydrogens is 394 g/mol. The average Bonchev–Trinajstić information content (AvgIpc) is 3.14. The summed E-state index contributed by atoms with van der Waals surface area (Å²) >= 11 is 1.25. The van der Waals surface area contributed by atoms with Crippen LogP contribution in [0.2, 0.25) is 0 Å². The van der Waals surface area contributed by atoms with Crippen molar-refractivity contribution in [3.63, 3.8) is 0 Å². The normalized spacial score (nSPS) is 10.7. The largest absolute Gasteiger partial charge is 0.335 e. The number of hydrogen-bond donors (Lipinski definition) is 2. The Morgan fingerprint density at radius 2 is 1.60 bits per heavy atom. The van der Waals surface area contributed by atoms with E-state index in [9.17, 15) is 4.79 Å². The van der Waals surface area contributed by atoms with Crippen molar-refractivity contribution < 1.29 is 4.79 Å². The fourth-order valence-corrected chi connectivity index (χ4v) is 3.82. The SMILES string of the molecule is Cc1ccccc1-c1nnc(SCC(=O)Nc2ccccc2-c2ccccc2)n1N. The minimum absolute atomic E-state index is 0.135. The van der Waals surface area contributed by atoms with E-state index in [1.54, 1.807) is 0 Å². The van der Waals surface area contributed by atoms with Gasteiger partial charge in [-0.2, -0.15) is 0 Å². The Bertz CT molecular complexity index is 1170. The predicted octanol–water partition coefficient (Wildman–Crippen LogP) is 4.37. The minimum Gasteiger partial charge on any atom is -0.335 e. The molecule has 0 aliphatic rings. The number of aryl methyl sites for hydroxylation is 1. The number of rotatable bonds is 6. The molecule has 0 atom stereocenters. The molecule has 150 valence electrons. The number of amides is 1. The summed E-state index contributed by atoms with van der Waals surface area (Å²) in [5, 5.41) is 11.8. The number of carbonyl (C=O) groups excluding carboxylic acids is 1. The summed E-state index contributed by atoms with van der Waals surface area (Å²) in [4.78, 5) is 12.6. The fourth-order valence-electron chi connectivity index (χ4n) is 3.16. The van der Waals surface area contributed by atoms with Crippen molar-refractivity contribution in [2.24, 2.45) is 0 Å². The van der Waals surface area contributed by atoms with Crippen LogP contribution in [-0.2, 0) is 4.79 Å². The van der Waals surface area contributed by atoms with E-state index in [-0.39, 0.29) is 11.7 Å². The van der Waals surface area contributed by atoms with Crippen LogP contribution in [0.4, 0.5) is 5.69 Å². The zero-order valence-corrected chi connectivity index (χ0v) is 17.3. The van der Waals surface area contributed by atoms with E-state index in [1.807, 2.05) is 85.8 Å². The van der Waals surface area contributed by atoms with Gasteiger partial charge in [0.25, 0.3) is 0 Å². The highest BCUT2D eigenvalue weighted by Gasteiger charge is 2.15. The van der Waals surface area contributed by atoms with Gasteiger partial charge in [0, 0.05) is 16.8 Å². The van der Waals surface area contributed by atoms with Crippen molar-refractivity contribution in [2.45, 2.75) is 12.1 Å². The summed E-state index contributed by atoms with van der Waals surface area (Å²) in [5.41, 5.74) is 4.76. The van der Waals surface area contributed by atoms with Crippen LogP contribution in [0.5, 0.6) is 0 Å². The zero-order valence-electron chi connectivity index (χ0n) is 16.4. The molecule has 30 heavy (non-hydrogen) atoms. The number of hydrogen-bond acceptors (Lipinski definition) is 5. The van der Waals surface area contributed by atoms with Crippen LogP contribution in [0, 0.1) is 6.92 Å². The van der Waals surface area contributed by atoms with Gasteiger partial charge in [0.1, 0.15) is 0 Å². The molecule has 3 N–H and O–H groups in total. The van der Waals surface area contributed by atoms with Gasteiger partial charge in [0.2, 0.25) is 11.1 Å². The topological polar surface area (TPSA) is 85.8 Å². The third kappa shape index (κ3) is 4.21. The first-order chi connectivity index (χ1) is 14.6. The van der Waals surface area contributed by atoms with Gasteiger partial charge in [0.05, 0.1) is 5.75 Å². The molecule has 1 amide bonds. The minimum atomic E-state index is -0.135. The molecule has 4 rings (SSSR count). The number of aromatic nitrogens is 3. The first kappa shape index (κ1) is 19.7. The van der Waals surface area contributed by atoms with Gasteiger partial charge in [-0.1, -0.05) is 84.6 Å². The Kier molecular flexibility index (Phi) is 5.81. The number of nitrogen functional groups attached to an aromatic ring is 1. The average molecular weight is 416 g/mol. The third-order valence-electron chi connectivity index (χ3n) is 4.67. The molecule has 0 bridgehead atoms. The molecule has 1 aromatic heterocycles. The summed E-state index contributed by atoms with van der Waals surface area (Å²) in [6, 6.07) is 25.5. The number of carbonyl (C=O) groups is 1. The molecule has 6 nitrogen and oxygen atoms in total. The Labute approximate surface area is 179 Å². The summed E-state index contributed by atoms with van der Waals surface area (Å²) in [6.07, 6.45) is 0. The number of nitrogens with zero attached hydrogens (tertiary/aromatic N) is 3. The van der Waals surface area contributed by atoms with Crippen molar-refractivity contribution in [1.29, 1.82) is 0 Å². The molecule has 0 saturated heterocycles. The van der Waals surface area contributed by atoms with Gasteiger partial charge in [-0.3, -0.25) is 4.79 Å². The van der Waals surface area contributed by atoms with E-state index in [2.05, 4.69) is 15.5 Å². The molecule has 0 spiro atoms. The highest BCUT2D eigenvalue weighted by Crippen LogP contribution is 2.28. The lowest BCUT2D eigenvalue weighted by molar-refractivity contribution is -0.113. The summed E-state index contributed by atoms with van der Waals surface area (Å²) < 4.78 is 1.43. The molecule has 3 aromatic carbocycles. The van der Waals surface area contributed by atoms with Crippen molar-refractivity contribution in [2.75, 3.05) is 16.9 Å². The van der Waals surface area contributed by atoms with Crippen LogP contribution in [0.25, 0.3) is 22.5 Å². The van der Waals surface area contributed by atoms with Gasteiger partial charge in [-0.05, 0) is 24.1 Å². The summed E-state index contributed by atoms with van der Waals surface area (Å²) in [5.74, 6) is 6.79. The van der Waals surface area contributed by atoms with Crippen LogP contribution in [0.1, 0.15) is 5.56 Å². The van der Waals surface area contributed by atoms with E-state index < -0.39 is 0 Å². The fraction of sp³-hybridized carbons (Fsp3) is 0.0870. The second-order valence-electron chi connectivity index (χ2n) is 6.74. The van der Waals surface area contributed by atoms with Crippen molar-refractivity contribution in [1.82, 2.24) is 14.9 Å². The molecule has 0 fully saturated rings. The molecule has 0 unspecified atom stereocenters. The van der Waals surface area contributed by atoms with Gasteiger partial charge in [-0.25, -0.2) is 4.68 Å². The Morgan fingerprint density at radius 3 is 2.37 bits per heavy atom. The van der Waals surface area contributed by atoms with Crippen molar-refractivity contribution in [3.8, 4) is 22.5 Å². The number of nitrogens with two attached hydrogens (primary N) is 1. The number of benzene rings is 3. The van der Waals surface area contributed by atoms with Crippen LogP contribution in [0.15, 0.2) is 84.0 Å². The highest BCUT2D eigenvalue weighted by molar-refractivity contribution is 7.99. The first-order valence-electron chi connectivity index (χ1n) is 9.47. The van der Waals surface area contributed by atoms with E-state index in [1.165, 1.54) is 16.4 Å². The maximum atomic E-state index is 12.6. The maximum Gasteiger partial charge on any atom is 0.234 e. The Balaban J connectivity index is 1.45. The lowest BCUT2D eigenvalue weighted by Gasteiger charge is -2.11. The second kappa shape index (κ2) is 8.84. The monoisotopic (exact) mass is 415 g/mol. The van der Waals surface area contributed by atoms with Crippen LogP contribution in [0.3, 0.4) is 0 Å². The van der Waals surface area contributed by atoms with Gasteiger partial charge < -0.3 is 11.2 Å². The molecule has 0 radical (unpaired) electrons. The van der Waals surface area contributed by atoms with Gasteiger partial charge in [-0.15, -0.1) is 10.2 Å². The van der Waals surface area contributed by atoms with Crippen LogP contribution >= 0.6 is 11.8 Å². The number of anilines is 1. The molecule has 0 aliphatic heterocycles. The standard InChI is InChI=1S/C23H21N5OS/c1-16-9-5-6-12-18(16)22-26-27-23(28(22)24)30-15-21(29)25-20-14-8-7-13-19(20)17-10-3-2-4-11-17/h2-14H,15,24H2,1H3,(H,25,29). The van der Waals surface area contributed by atoms with Crippen molar-refractivity contribution in [3.05, 3.63) is 84.4 Å². The van der Waals surface area contributed by atoms with Crippen LogP contribution in [-0.4, -0.2) is 26.5 Å². The quantitative estimate of drug-likeness (QED) is 0.361. The van der Waals surface area contributed by atoms with Gasteiger partial charge in [0.15, 0.2) is 5.82 Å². The molecule has 7 heteroatoms. The van der Waals surface area contributed by atoms with Gasteiger partial charge >= 0.3 is 0 Å². The molecule has 1 heterocycles. The molecule has 0 aliphatic carbocycles. The van der Waals surface area contributed by atoms with Crippen LogP contribution < -0.4 is 11.2 Å². The van der Waals surface area contributed by atoms with E-state index in [4.69, 9.17) is 5.84 Å². The molecule has 4 aromatic rings. The lowest BCUT2D eigenvalue weighted by Crippen LogP contribution is -2.17. The number of para-hydroxylation sites is 1. The second-order valence-corrected chi connectivity index (χ2v) is 7.68. The summed E-state index contributed by atoms with van der Waals surface area (Å²) in [7, 11) is 0. The van der Waals surface area contributed by atoms with E-state index >= 15 is 0 Å². The Hall–Kier alpha value is -3.58. The third-order valence-corrected chi connectivity index (χ3v) is 5.61. The predicted molar refractivity (Wildman–Crippen MR) is 122 cm³/mol. The number of nitrogens with one attached hydrogen (secondary N) is 1. The summed E-state index contributed by atoms with van der Waals surface area (Å²) in [6.45, 7) is 1.99. The first-order valence-corrected chi connectivity index (χ1v) is 10.5. The molecular formula is C23H21N5OS. The van der Waals surface area contributed by atoms with Crippen molar-refractivity contribution >= 4 is 23.4 Å². The molecule has 0 saturated carbocycles. The highest BCUT2D eigenvalue weighted by atomic mass is 32.2. The number of thioether (sulfide) groups is 1. The van der Waals surface area contributed by atoms with E-state index in [0.717, 1.165) is 27.9 Å². The Morgan fingerprint density at radius 1 is 0.933 bits per heavy atom. The lowest BCUT2D eigenvalue weighted by atomic mass is 10.0.